The van der Waals surface area contributed by atoms with Crippen LogP contribution in [0.15, 0.2) is 24.3 Å². The summed E-state index contributed by atoms with van der Waals surface area (Å²) in [6.45, 7) is 7.32. The van der Waals surface area contributed by atoms with Crippen molar-refractivity contribution < 1.29 is 33.7 Å². The van der Waals surface area contributed by atoms with Gasteiger partial charge in [-0.05, 0) is 76.5 Å². The van der Waals surface area contributed by atoms with E-state index in [2.05, 4.69) is 15.4 Å². The van der Waals surface area contributed by atoms with Crippen LogP contribution >= 0.6 is 11.6 Å². The van der Waals surface area contributed by atoms with Gasteiger partial charge in [0.1, 0.15) is 5.60 Å². The Balaban J connectivity index is 1.71. The Bertz CT molecular complexity index is 1080. The van der Waals surface area contributed by atoms with Crippen molar-refractivity contribution in [3.05, 3.63) is 34.9 Å². The number of aliphatic hydroxyl groups excluding tert-OH is 1. The van der Waals surface area contributed by atoms with Crippen molar-refractivity contribution in [1.82, 2.24) is 20.4 Å². The van der Waals surface area contributed by atoms with Crippen LogP contribution in [0.25, 0.3) is 0 Å². The number of likely N-dealkylation sites (tertiary alicyclic amines) is 1. The highest BCUT2D eigenvalue weighted by Crippen LogP contribution is 2.34. The highest BCUT2D eigenvalue weighted by atomic mass is 35.5. The Morgan fingerprint density at radius 3 is 2.59 bits per heavy atom. The van der Waals surface area contributed by atoms with Crippen molar-refractivity contribution in [3.8, 4) is 0 Å². The van der Waals surface area contributed by atoms with Gasteiger partial charge in [-0.3, -0.25) is 0 Å². The number of amides is 4. The zero-order chi connectivity index (χ0) is 32.3. The maximum absolute atomic E-state index is 13.7. The molecule has 1 aliphatic heterocycles. The van der Waals surface area contributed by atoms with E-state index in [1.54, 1.807) is 18.0 Å². The average molecular weight is 639 g/mol. The molecule has 3 N–H and O–H groups in total. The van der Waals surface area contributed by atoms with Gasteiger partial charge in [0.2, 0.25) is 0 Å². The minimum atomic E-state index is -0.635. The first-order valence-electron chi connectivity index (χ1n) is 15.7. The predicted octanol–water partition coefficient (Wildman–Crippen LogP) is 5.35. The molecule has 1 aliphatic carbocycles. The van der Waals surface area contributed by atoms with Crippen LogP contribution in [0.1, 0.15) is 77.4 Å². The number of ether oxygens (including phenoxy) is 3. The van der Waals surface area contributed by atoms with Crippen LogP contribution in [0.4, 0.5) is 14.4 Å². The summed E-state index contributed by atoms with van der Waals surface area (Å²) in [5, 5.41) is 17.1. The maximum Gasteiger partial charge on any atom is 0.410 e. The first kappa shape index (κ1) is 35.7. The molecule has 11 nitrogen and oxygen atoms in total. The Morgan fingerprint density at radius 1 is 1.16 bits per heavy atom. The van der Waals surface area contributed by atoms with Crippen molar-refractivity contribution >= 4 is 29.8 Å². The lowest BCUT2D eigenvalue weighted by molar-refractivity contribution is -0.00892. The molecule has 1 heterocycles. The number of carbonyl (C=O) groups excluding carboxylic acids is 3. The second-order valence-corrected chi connectivity index (χ2v) is 13.4. The second kappa shape index (κ2) is 17.1. The number of methoxy groups -OCH3 is 1. The largest absolute Gasteiger partial charge is 0.453 e. The molecule has 1 aromatic carbocycles. The van der Waals surface area contributed by atoms with Crippen molar-refractivity contribution in [2.24, 2.45) is 11.8 Å². The average Bonchev–Trinajstić information content (AvgIpc) is 2.97. The Kier molecular flexibility index (Phi) is 13.9. The number of nitrogens with one attached hydrogen (secondary N) is 2. The molecular weight excluding hydrogens is 588 g/mol. The zero-order valence-electron chi connectivity index (χ0n) is 26.9. The number of halogens is 1. The van der Waals surface area contributed by atoms with Gasteiger partial charge < -0.3 is 39.8 Å². The Morgan fingerprint density at radius 2 is 1.91 bits per heavy atom. The topological polar surface area (TPSA) is 130 Å². The molecule has 4 amide bonds. The highest BCUT2D eigenvalue weighted by molar-refractivity contribution is 6.30. The summed E-state index contributed by atoms with van der Waals surface area (Å²) in [6.07, 6.45) is 4.15. The second-order valence-electron chi connectivity index (χ2n) is 13.0. The predicted molar refractivity (Wildman–Crippen MR) is 169 cm³/mol. The van der Waals surface area contributed by atoms with E-state index in [4.69, 9.17) is 21.1 Å². The third kappa shape index (κ3) is 11.6. The molecule has 0 spiro atoms. The number of nitrogens with zero attached hydrogens (tertiary/aromatic N) is 2. The van der Waals surface area contributed by atoms with E-state index in [-0.39, 0.29) is 49.7 Å². The molecule has 1 unspecified atom stereocenters. The van der Waals surface area contributed by atoms with E-state index < -0.39 is 23.9 Å². The van der Waals surface area contributed by atoms with E-state index in [1.807, 2.05) is 39.0 Å². The fraction of sp³-hybridized carbons (Fsp3) is 0.719. The van der Waals surface area contributed by atoms with E-state index in [0.717, 1.165) is 44.1 Å². The quantitative estimate of drug-likeness (QED) is 0.279. The monoisotopic (exact) mass is 638 g/mol. The summed E-state index contributed by atoms with van der Waals surface area (Å²) in [5.74, 6) is 0.0450. The summed E-state index contributed by atoms with van der Waals surface area (Å²) in [6, 6.07) is 6.94. The molecule has 0 radical (unpaired) electrons. The van der Waals surface area contributed by atoms with Gasteiger partial charge in [0.05, 0.1) is 25.9 Å². The lowest BCUT2D eigenvalue weighted by atomic mass is 9.82. The number of urea groups is 1. The van der Waals surface area contributed by atoms with Crippen molar-refractivity contribution in [3.63, 3.8) is 0 Å². The molecule has 12 heteroatoms. The molecule has 0 aromatic heterocycles. The van der Waals surface area contributed by atoms with Crippen molar-refractivity contribution in [2.75, 3.05) is 46.9 Å². The highest BCUT2D eigenvalue weighted by Gasteiger charge is 2.34. The Hall–Kier alpha value is -2.76. The van der Waals surface area contributed by atoms with Gasteiger partial charge >= 0.3 is 18.2 Å². The minimum absolute atomic E-state index is 0.00542. The zero-order valence-corrected chi connectivity index (χ0v) is 27.6. The normalized spacial score (nSPS) is 22.0. The SMILES string of the molecule is COC(=O)NCCO[C@@H](c1cccc(Cl)c1)C1CCCN(C(=O)N[C@H](C[C@H]2CCCC[C@@H]2O)CN(C)C(=O)OC(C)(C)C)C1. The molecule has 2 fully saturated rings. The molecule has 1 saturated heterocycles. The van der Waals surface area contributed by atoms with Crippen molar-refractivity contribution in [2.45, 2.75) is 89.6 Å². The third-order valence-electron chi connectivity index (χ3n) is 8.19. The van der Waals surface area contributed by atoms with Gasteiger partial charge in [-0.15, -0.1) is 0 Å². The summed E-state index contributed by atoms with van der Waals surface area (Å²) in [5.41, 5.74) is 0.273. The molecule has 5 atom stereocenters. The van der Waals surface area contributed by atoms with E-state index in [1.165, 1.54) is 12.0 Å². The molecule has 248 valence electrons. The van der Waals surface area contributed by atoms with Crippen molar-refractivity contribution in [1.29, 1.82) is 0 Å². The number of alkyl carbamates (subject to hydrolysis) is 1. The molecule has 1 saturated carbocycles. The number of aliphatic hydroxyl groups is 1. The summed E-state index contributed by atoms with van der Waals surface area (Å²) in [7, 11) is 2.98. The van der Waals surface area contributed by atoms with Gasteiger partial charge in [-0.1, -0.05) is 36.6 Å². The lowest BCUT2D eigenvalue weighted by Crippen LogP contribution is -2.53. The van der Waals surface area contributed by atoms with Crippen LogP contribution in [0.2, 0.25) is 5.02 Å². The van der Waals surface area contributed by atoms with Crippen LogP contribution in [-0.4, -0.2) is 97.8 Å². The molecule has 1 aromatic rings. The number of hydrogen-bond acceptors (Lipinski definition) is 7. The smallest absolute Gasteiger partial charge is 0.410 e. The molecule has 2 aliphatic rings. The number of carbonyl (C=O) groups is 3. The number of likely N-dealkylation sites (N-methyl/N-ethyl adjacent to an activating group) is 1. The fourth-order valence-electron chi connectivity index (χ4n) is 6.06. The standard InChI is InChI=1S/C32H51ClN4O7/c1-32(2,3)44-31(41)36(4)21-26(19-22-10-6-7-14-27(22)38)35-29(39)37-16-9-12-24(20-37)28(23-11-8-13-25(33)18-23)43-17-15-34-30(40)42-5/h8,11,13,18,22,24,26-28,38H,6-7,9-10,12,14-17,19-21H2,1-5H3,(H,34,40)(H,35,39)/t22-,24?,26-,27+,28+/m1/s1. The third-order valence-corrected chi connectivity index (χ3v) is 8.42. The van der Waals surface area contributed by atoms with Gasteiger partial charge in [0, 0.05) is 50.2 Å². The summed E-state index contributed by atoms with van der Waals surface area (Å²) in [4.78, 5) is 41.3. The number of benzene rings is 1. The number of rotatable bonds is 11. The van der Waals surface area contributed by atoms with Crippen LogP contribution in [-0.2, 0) is 14.2 Å². The van der Waals surface area contributed by atoms with E-state index in [0.29, 0.717) is 24.5 Å². The fourth-order valence-corrected chi connectivity index (χ4v) is 6.26. The lowest BCUT2D eigenvalue weighted by Gasteiger charge is -2.39. The van der Waals surface area contributed by atoms with E-state index in [9.17, 15) is 19.5 Å². The van der Waals surface area contributed by atoms with Gasteiger partial charge in [0.25, 0.3) is 0 Å². The van der Waals surface area contributed by atoms with Crippen LogP contribution in [0, 0.1) is 11.8 Å². The van der Waals surface area contributed by atoms with Gasteiger partial charge in [-0.2, -0.15) is 0 Å². The Labute approximate surface area is 266 Å². The van der Waals surface area contributed by atoms with Gasteiger partial charge in [0.15, 0.2) is 0 Å². The van der Waals surface area contributed by atoms with Crippen LogP contribution in [0.5, 0.6) is 0 Å². The number of piperidine rings is 1. The molecular formula is C32H51ClN4O7. The maximum atomic E-state index is 13.7. The first-order valence-corrected chi connectivity index (χ1v) is 16.1. The summed E-state index contributed by atoms with van der Waals surface area (Å²) < 4.78 is 16.5. The molecule has 0 bridgehead atoms. The van der Waals surface area contributed by atoms with Crippen LogP contribution in [0.3, 0.4) is 0 Å². The van der Waals surface area contributed by atoms with Crippen LogP contribution < -0.4 is 10.6 Å². The minimum Gasteiger partial charge on any atom is -0.453 e. The van der Waals surface area contributed by atoms with Gasteiger partial charge in [-0.25, -0.2) is 14.4 Å². The molecule has 44 heavy (non-hydrogen) atoms. The van der Waals surface area contributed by atoms with E-state index >= 15 is 0 Å². The number of hydrogen-bond donors (Lipinski definition) is 3. The molecule has 3 rings (SSSR count). The summed E-state index contributed by atoms with van der Waals surface area (Å²) >= 11 is 6.32. The first-order chi connectivity index (χ1) is 20.9.